The third-order valence-corrected chi connectivity index (χ3v) is 4.28. The van der Waals surface area contributed by atoms with E-state index in [9.17, 15) is 0 Å². The Morgan fingerprint density at radius 2 is 2.12 bits per heavy atom. The van der Waals surface area contributed by atoms with Crippen molar-refractivity contribution in [3.05, 3.63) is 34.4 Å². The van der Waals surface area contributed by atoms with Crippen LogP contribution >= 0.6 is 0 Å². The fourth-order valence-corrected chi connectivity index (χ4v) is 2.95. The molecule has 0 unspecified atom stereocenters. The van der Waals surface area contributed by atoms with Gasteiger partial charge < -0.3 is 0 Å². The van der Waals surface area contributed by atoms with Gasteiger partial charge in [0.2, 0.25) is 0 Å². The van der Waals surface area contributed by atoms with Gasteiger partial charge in [-0.3, -0.25) is 0 Å². The van der Waals surface area contributed by atoms with E-state index in [-0.39, 0.29) is 0 Å². The number of hydrogen-bond donors (Lipinski definition) is 0. The molecule has 1 atom stereocenters. The SMILES string of the molecule is CCC1=CC2=C(CC=C1C)CC[C@H](CC)C2. The van der Waals surface area contributed by atoms with E-state index in [4.69, 9.17) is 0 Å². The third-order valence-electron chi connectivity index (χ3n) is 4.28. The molecule has 0 heteroatoms. The molecule has 0 aromatic rings. The van der Waals surface area contributed by atoms with Crippen LogP contribution in [0.4, 0.5) is 0 Å². The van der Waals surface area contributed by atoms with E-state index < -0.39 is 0 Å². The second-order valence-electron chi connectivity index (χ2n) is 5.26. The molecule has 0 saturated carbocycles. The smallest absolute Gasteiger partial charge is 0.0127 e. The summed E-state index contributed by atoms with van der Waals surface area (Å²) in [6.45, 7) is 6.88. The van der Waals surface area contributed by atoms with Crippen molar-refractivity contribution in [1.82, 2.24) is 0 Å². The molecule has 2 aliphatic rings. The molecule has 0 saturated heterocycles. The molecule has 16 heavy (non-hydrogen) atoms. The van der Waals surface area contributed by atoms with Gasteiger partial charge in [-0.05, 0) is 56.1 Å². The Morgan fingerprint density at radius 1 is 1.31 bits per heavy atom. The first-order valence-electron chi connectivity index (χ1n) is 6.83. The van der Waals surface area contributed by atoms with Crippen LogP contribution in [0, 0.1) is 5.92 Å². The Kier molecular flexibility index (Phi) is 3.68. The summed E-state index contributed by atoms with van der Waals surface area (Å²) in [4.78, 5) is 0. The van der Waals surface area contributed by atoms with Gasteiger partial charge in [0.1, 0.15) is 0 Å². The van der Waals surface area contributed by atoms with Gasteiger partial charge in [-0.25, -0.2) is 0 Å². The summed E-state index contributed by atoms with van der Waals surface area (Å²) in [5.41, 5.74) is 6.45. The highest BCUT2D eigenvalue weighted by molar-refractivity contribution is 5.43. The molecule has 2 aliphatic carbocycles. The van der Waals surface area contributed by atoms with Gasteiger partial charge in [0.15, 0.2) is 0 Å². The van der Waals surface area contributed by atoms with Crippen molar-refractivity contribution < 1.29 is 0 Å². The van der Waals surface area contributed by atoms with Gasteiger partial charge >= 0.3 is 0 Å². The maximum atomic E-state index is 2.50. The van der Waals surface area contributed by atoms with Gasteiger partial charge in [0, 0.05) is 0 Å². The van der Waals surface area contributed by atoms with Gasteiger partial charge in [-0.15, -0.1) is 0 Å². The summed E-state index contributed by atoms with van der Waals surface area (Å²) in [7, 11) is 0. The van der Waals surface area contributed by atoms with E-state index in [1.807, 2.05) is 0 Å². The topological polar surface area (TPSA) is 0 Å². The first-order valence-corrected chi connectivity index (χ1v) is 6.83. The van der Waals surface area contributed by atoms with Crippen LogP contribution in [0.25, 0.3) is 0 Å². The zero-order chi connectivity index (χ0) is 11.5. The van der Waals surface area contributed by atoms with Crippen molar-refractivity contribution in [3.8, 4) is 0 Å². The molecule has 2 rings (SSSR count). The quantitative estimate of drug-likeness (QED) is 0.596. The van der Waals surface area contributed by atoms with Crippen molar-refractivity contribution in [2.24, 2.45) is 5.92 Å². The molecule has 0 radical (unpaired) electrons. The third kappa shape index (κ3) is 2.31. The summed E-state index contributed by atoms with van der Waals surface area (Å²) in [6.07, 6.45) is 12.7. The van der Waals surface area contributed by atoms with E-state index in [0.717, 1.165) is 5.92 Å². The van der Waals surface area contributed by atoms with Gasteiger partial charge in [-0.1, -0.05) is 43.6 Å². The second kappa shape index (κ2) is 5.03. The Balaban J connectivity index is 2.27. The molecule has 0 heterocycles. The van der Waals surface area contributed by atoms with Crippen LogP contribution in [0.2, 0.25) is 0 Å². The lowest BCUT2D eigenvalue weighted by molar-refractivity contribution is 0.444. The summed E-state index contributed by atoms with van der Waals surface area (Å²) in [5.74, 6) is 0.937. The molecule has 0 aromatic heterocycles. The molecule has 0 aliphatic heterocycles. The molecule has 0 amide bonds. The molecule has 88 valence electrons. The van der Waals surface area contributed by atoms with Crippen LogP contribution < -0.4 is 0 Å². The molecular weight excluding hydrogens is 192 g/mol. The standard InChI is InChI=1S/C16H24/c1-4-13-7-9-15-8-6-12(3)14(5-2)11-16(15)10-13/h6,11,13H,4-5,7-10H2,1-3H3/t13-/m0/s1. The van der Waals surface area contributed by atoms with Gasteiger partial charge in [-0.2, -0.15) is 0 Å². The molecule has 0 fully saturated rings. The van der Waals surface area contributed by atoms with Gasteiger partial charge in [0.05, 0.1) is 0 Å². The van der Waals surface area contributed by atoms with E-state index in [1.165, 1.54) is 44.1 Å². The van der Waals surface area contributed by atoms with Crippen molar-refractivity contribution in [1.29, 1.82) is 0 Å². The summed E-state index contributed by atoms with van der Waals surface area (Å²) < 4.78 is 0. The normalized spacial score (nSPS) is 25.8. The van der Waals surface area contributed by atoms with E-state index in [2.05, 4.69) is 32.9 Å². The highest BCUT2D eigenvalue weighted by atomic mass is 14.2. The first-order chi connectivity index (χ1) is 7.74. The van der Waals surface area contributed by atoms with Crippen LogP contribution in [0.1, 0.15) is 59.3 Å². The molecule has 0 nitrogen and oxygen atoms in total. The average molecular weight is 216 g/mol. The minimum atomic E-state index is 0.937. The zero-order valence-corrected chi connectivity index (χ0v) is 11.0. The highest BCUT2D eigenvalue weighted by Gasteiger charge is 2.19. The summed E-state index contributed by atoms with van der Waals surface area (Å²) in [6, 6.07) is 0. The van der Waals surface area contributed by atoms with E-state index in [1.54, 1.807) is 16.7 Å². The van der Waals surface area contributed by atoms with Crippen molar-refractivity contribution in [3.63, 3.8) is 0 Å². The van der Waals surface area contributed by atoms with Crippen molar-refractivity contribution >= 4 is 0 Å². The fourth-order valence-electron chi connectivity index (χ4n) is 2.95. The van der Waals surface area contributed by atoms with Crippen molar-refractivity contribution in [2.45, 2.75) is 59.3 Å². The highest BCUT2D eigenvalue weighted by Crippen LogP contribution is 2.37. The van der Waals surface area contributed by atoms with Crippen molar-refractivity contribution in [2.75, 3.05) is 0 Å². The molecule has 0 aromatic carbocycles. The number of rotatable bonds is 2. The Labute approximate surface area is 100 Å². The van der Waals surface area contributed by atoms with Gasteiger partial charge in [0.25, 0.3) is 0 Å². The number of hydrogen-bond acceptors (Lipinski definition) is 0. The molecule has 0 N–H and O–H groups in total. The van der Waals surface area contributed by atoms with E-state index in [0.29, 0.717) is 0 Å². The predicted octanol–water partition coefficient (Wildman–Crippen LogP) is 5.18. The van der Waals surface area contributed by atoms with Crippen LogP contribution in [-0.4, -0.2) is 0 Å². The van der Waals surface area contributed by atoms with E-state index >= 15 is 0 Å². The van der Waals surface area contributed by atoms with Crippen LogP contribution in [0.15, 0.2) is 34.4 Å². The summed E-state index contributed by atoms with van der Waals surface area (Å²) >= 11 is 0. The number of allylic oxidation sites excluding steroid dienone is 6. The van der Waals surface area contributed by atoms with Crippen LogP contribution in [-0.2, 0) is 0 Å². The second-order valence-corrected chi connectivity index (χ2v) is 5.26. The molecular formula is C16H24. The Hall–Kier alpha value is -0.780. The Morgan fingerprint density at radius 3 is 2.81 bits per heavy atom. The zero-order valence-electron chi connectivity index (χ0n) is 11.0. The Bertz CT molecular complexity index is 352. The molecule has 0 bridgehead atoms. The lowest BCUT2D eigenvalue weighted by Crippen LogP contribution is -2.08. The lowest BCUT2D eigenvalue weighted by atomic mass is 9.81. The minimum Gasteiger partial charge on any atom is -0.0772 e. The first kappa shape index (κ1) is 11.7. The molecule has 0 spiro atoms. The monoisotopic (exact) mass is 216 g/mol. The maximum absolute atomic E-state index is 2.50. The minimum absolute atomic E-state index is 0.937. The maximum Gasteiger partial charge on any atom is -0.0127 e. The largest absolute Gasteiger partial charge is 0.0772 e. The summed E-state index contributed by atoms with van der Waals surface area (Å²) in [5, 5.41) is 0. The lowest BCUT2D eigenvalue weighted by Gasteiger charge is -2.24. The van der Waals surface area contributed by atoms with Crippen LogP contribution in [0.3, 0.4) is 0 Å². The average Bonchev–Trinajstić information content (AvgIpc) is 2.48. The predicted molar refractivity (Wildman–Crippen MR) is 71.4 cm³/mol. The van der Waals surface area contributed by atoms with Crippen LogP contribution in [0.5, 0.6) is 0 Å². The fraction of sp³-hybridized carbons (Fsp3) is 0.625.